The van der Waals surface area contributed by atoms with Gasteiger partial charge in [0.05, 0.1) is 5.56 Å². The van der Waals surface area contributed by atoms with Crippen LogP contribution >= 0.6 is 11.3 Å². The second kappa shape index (κ2) is 3.76. The average molecular weight is 238 g/mol. The number of hydrogen-bond acceptors (Lipinski definition) is 2. The first kappa shape index (κ1) is 10.1. The maximum Gasteiger partial charge on any atom is 0.101 e. The quantitative estimate of drug-likeness (QED) is 0.634. The fourth-order valence-corrected chi connectivity index (χ4v) is 2.80. The van der Waals surface area contributed by atoms with Crippen LogP contribution in [0.5, 0.6) is 0 Å². The third kappa shape index (κ3) is 1.54. The molecule has 3 aromatic rings. The first-order chi connectivity index (χ1) is 8.29. The lowest BCUT2D eigenvalue weighted by Crippen LogP contribution is -1.82. The van der Waals surface area contributed by atoms with E-state index in [1.54, 1.807) is 11.3 Å². The monoisotopic (exact) mass is 238 g/mol. The van der Waals surface area contributed by atoms with Crippen LogP contribution in [0.25, 0.3) is 21.3 Å². The summed E-state index contributed by atoms with van der Waals surface area (Å²) < 4.78 is 1.99. The minimum atomic E-state index is 0.737. The van der Waals surface area contributed by atoms with Crippen molar-refractivity contribution >= 4 is 22.2 Å². The summed E-state index contributed by atoms with van der Waals surface area (Å²) in [7, 11) is 1.97. The van der Waals surface area contributed by atoms with Crippen molar-refractivity contribution in [3.05, 3.63) is 47.5 Å². The Morgan fingerprint density at radius 3 is 2.88 bits per heavy atom. The highest BCUT2D eigenvalue weighted by Crippen LogP contribution is 2.29. The number of aromatic nitrogens is 1. The van der Waals surface area contributed by atoms with Crippen molar-refractivity contribution in [3.63, 3.8) is 0 Å². The van der Waals surface area contributed by atoms with Crippen LogP contribution in [0.4, 0.5) is 0 Å². The van der Waals surface area contributed by atoms with Crippen molar-refractivity contribution in [1.82, 2.24) is 4.57 Å². The van der Waals surface area contributed by atoms with E-state index in [-0.39, 0.29) is 0 Å². The molecule has 0 bridgehead atoms. The van der Waals surface area contributed by atoms with Gasteiger partial charge in [-0.2, -0.15) is 5.26 Å². The summed E-state index contributed by atoms with van der Waals surface area (Å²) >= 11 is 1.72. The molecule has 0 aliphatic rings. The Morgan fingerprint density at radius 1 is 1.29 bits per heavy atom. The molecule has 3 rings (SSSR count). The molecule has 17 heavy (non-hydrogen) atoms. The van der Waals surface area contributed by atoms with Gasteiger partial charge in [0.2, 0.25) is 0 Å². The summed E-state index contributed by atoms with van der Waals surface area (Å²) in [4.78, 5) is 1.24. The molecule has 2 aromatic heterocycles. The Kier molecular flexibility index (Phi) is 2.24. The first-order valence-electron chi connectivity index (χ1n) is 5.32. The fraction of sp³-hybridized carbons (Fsp3) is 0.0714. The molecule has 2 heterocycles. The Hall–Kier alpha value is -2.05. The van der Waals surface area contributed by atoms with Crippen molar-refractivity contribution < 1.29 is 0 Å². The summed E-state index contributed by atoms with van der Waals surface area (Å²) in [6.07, 6.45) is 1.88. The molecule has 1 aromatic carbocycles. The predicted molar refractivity (Wildman–Crippen MR) is 70.9 cm³/mol. The van der Waals surface area contributed by atoms with Crippen molar-refractivity contribution in [2.45, 2.75) is 0 Å². The van der Waals surface area contributed by atoms with Gasteiger partial charge in [-0.3, -0.25) is 0 Å². The van der Waals surface area contributed by atoms with Gasteiger partial charge in [0, 0.05) is 29.0 Å². The molecule has 0 amide bonds. The van der Waals surface area contributed by atoms with Gasteiger partial charge in [0.25, 0.3) is 0 Å². The SMILES string of the molecule is Cn1cc(C#N)c2cc(-c3cccs3)ccc21. The van der Waals surface area contributed by atoms with E-state index in [1.807, 2.05) is 23.9 Å². The molecule has 0 fully saturated rings. The van der Waals surface area contributed by atoms with Gasteiger partial charge in [-0.1, -0.05) is 12.1 Å². The molecule has 0 atom stereocenters. The highest BCUT2D eigenvalue weighted by atomic mass is 32.1. The Morgan fingerprint density at radius 2 is 2.18 bits per heavy atom. The number of rotatable bonds is 1. The van der Waals surface area contributed by atoms with Crippen LogP contribution < -0.4 is 0 Å². The van der Waals surface area contributed by atoms with Crippen LogP contribution in [0.2, 0.25) is 0 Å². The molecular weight excluding hydrogens is 228 g/mol. The zero-order chi connectivity index (χ0) is 11.8. The lowest BCUT2D eigenvalue weighted by molar-refractivity contribution is 0.967. The van der Waals surface area contributed by atoms with Crippen LogP contribution in [0.3, 0.4) is 0 Å². The van der Waals surface area contributed by atoms with Crippen LogP contribution in [0.15, 0.2) is 41.9 Å². The molecule has 0 spiro atoms. The lowest BCUT2D eigenvalue weighted by atomic mass is 10.1. The zero-order valence-corrected chi connectivity index (χ0v) is 10.2. The van der Waals surface area contributed by atoms with Crippen LogP contribution in [-0.2, 0) is 7.05 Å². The standard InChI is InChI=1S/C14H10N2S/c1-16-9-11(8-15)12-7-10(4-5-13(12)16)14-3-2-6-17-14/h2-7,9H,1H3. The van der Waals surface area contributed by atoms with E-state index in [2.05, 4.69) is 35.7 Å². The number of thiophene rings is 1. The van der Waals surface area contributed by atoms with Gasteiger partial charge < -0.3 is 4.57 Å². The van der Waals surface area contributed by atoms with Gasteiger partial charge in [-0.25, -0.2) is 0 Å². The number of aryl methyl sites for hydroxylation is 1. The third-order valence-electron chi connectivity index (χ3n) is 2.92. The predicted octanol–water partition coefficient (Wildman–Crippen LogP) is 3.78. The molecule has 82 valence electrons. The molecule has 0 saturated carbocycles. The van der Waals surface area contributed by atoms with E-state index in [0.29, 0.717) is 0 Å². The molecule has 3 heteroatoms. The number of nitriles is 1. The number of fused-ring (bicyclic) bond motifs is 1. The Labute approximate surface area is 103 Å². The first-order valence-corrected chi connectivity index (χ1v) is 6.20. The molecule has 0 N–H and O–H groups in total. The van der Waals surface area contributed by atoms with Crippen LogP contribution in [0, 0.1) is 11.3 Å². The minimum absolute atomic E-state index is 0.737. The van der Waals surface area contributed by atoms with E-state index < -0.39 is 0 Å². The zero-order valence-electron chi connectivity index (χ0n) is 9.34. The van der Waals surface area contributed by atoms with Gasteiger partial charge in [0.15, 0.2) is 0 Å². The third-order valence-corrected chi connectivity index (χ3v) is 3.83. The highest BCUT2D eigenvalue weighted by molar-refractivity contribution is 7.13. The van der Waals surface area contributed by atoms with Crippen molar-refractivity contribution in [2.24, 2.45) is 7.05 Å². The largest absolute Gasteiger partial charge is 0.349 e. The lowest BCUT2D eigenvalue weighted by Gasteiger charge is -1.99. The molecule has 0 radical (unpaired) electrons. The maximum atomic E-state index is 9.11. The normalized spacial score (nSPS) is 10.6. The van der Waals surface area contributed by atoms with Gasteiger partial charge in [-0.15, -0.1) is 11.3 Å². The molecule has 0 saturated heterocycles. The average Bonchev–Trinajstić information content (AvgIpc) is 2.97. The van der Waals surface area contributed by atoms with Crippen LogP contribution in [-0.4, -0.2) is 4.57 Å². The second-order valence-electron chi connectivity index (χ2n) is 3.97. The summed E-state index contributed by atoms with van der Waals surface area (Å²) in [5.74, 6) is 0. The van der Waals surface area contributed by atoms with Gasteiger partial charge >= 0.3 is 0 Å². The van der Waals surface area contributed by atoms with Gasteiger partial charge in [-0.05, 0) is 29.1 Å². The summed E-state index contributed by atoms with van der Waals surface area (Å²) in [5, 5.41) is 12.2. The Bertz CT molecular complexity index is 715. The van der Waals surface area contributed by atoms with Crippen molar-refractivity contribution in [3.8, 4) is 16.5 Å². The molecule has 0 unspecified atom stereocenters. The number of nitrogens with zero attached hydrogens (tertiary/aromatic N) is 2. The van der Waals surface area contributed by atoms with E-state index in [0.717, 1.165) is 16.5 Å². The van der Waals surface area contributed by atoms with E-state index in [1.165, 1.54) is 10.4 Å². The fourth-order valence-electron chi connectivity index (χ4n) is 2.08. The molecule has 2 nitrogen and oxygen atoms in total. The summed E-state index contributed by atoms with van der Waals surface area (Å²) in [5.41, 5.74) is 3.01. The molecule has 0 aliphatic heterocycles. The van der Waals surface area contributed by atoms with E-state index in [4.69, 9.17) is 5.26 Å². The maximum absolute atomic E-state index is 9.11. The highest BCUT2D eigenvalue weighted by Gasteiger charge is 2.07. The topological polar surface area (TPSA) is 28.7 Å². The van der Waals surface area contributed by atoms with Crippen molar-refractivity contribution in [2.75, 3.05) is 0 Å². The van der Waals surface area contributed by atoms with Crippen LogP contribution in [0.1, 0.15) is 5.56 Å². The van der Waals surface area contributed by atoms with E-state index >= 15 is 0 Å². The van der Waals surface area contributed by atoms with Crippen molar-refractivity contribution in [1.29, 1.82) is 5.26 Å². The summed E-state index contributed by atoms with van der Waals surface area (Å²) in [6, 6.07) is 12.7. The summed E-state index contributed by atoms with van der Waals surface area (Å²) in [6.45, 7) is 0. The minimum Gasteiger partial charge on any atom is -0.349 e. The van der Waals surface area contributed by atoms with E-state index in [9.17, 15) is 0 Å². The molecule has 0 aliphatic carbocycles. The second-order valence-corrected chi connectivity index (χ2v) is 4.92. The smallest absolute Gasteiger partial charge is 0.101 e. The molecular formula is C14H10N2S. The van der Waals surface area contributed by atoms with Gasteiger partial charge in [0.1, 0.15) is 6.07 Å². The number of benzene rings is 1. The number of hydrogen-bond donors (Lipinski definition) is 0. The Balaban J connectivity index is 2.29.